The van der Waals surface area contributed by atoms with Gasteiger partial charge in [-0.15, -0.1) is 12.3 Å². The van der Waals surface area contributed by atoms with E-state index >= 15 is 0 Å². The van der Waals surface area contributed by atoms with E-state index in [1.807, 2.05) is 0 Å². The van der Waals surface area contributed by atoms with Gasteiger partial charge < -0.3 is 0 Å². The van der Waals surface area contributed by atoms with Crippen molar-refractivity contribution in [3.05, 3.63) is 35.4 Å². The van der Waals surface area contributed by atoms with Crippen LogP contribution < -0.4 is 0 Å². The van der Waals surface area contributed by atoms with Crippen LogP contribution in [0.2, 0.25) is 0 Å². The number of rotatable bonds is 5. The summed E-state index contributed by atoms with van der Waals surface area (Å²) in [6.45, 7) is 0. The lowest BCUT2D eigenvalue weighted by Gasteiger charge is -2.01. The Morgan fingerprint density at radius 3 is 2.44 bits per heavy atom. The summed E-state index contributed by atoms with van der Waals surface area (Å²) in [5.74, 6) is 1.06. The van der Waals surface area contributed by atoms with Gasteiger partial charge in [-0.3, -0.25) is 4.79 Å². The normalized spacial score (nSPS) is 9.81. The van der Waals surface area contributed by atoms with Crippen LogP contribution in [0.4, 0.5) is 8.78 Å². The highest BCUT2D eigenvalue weighted by Crippen LogP contribution is 2.10. The van der Waals surface area contributed by atoms with Gasteiger partial charge >= 0.3 is 0 Å². The minimum Gasteiger partial charge on any atom is -0.299 e. The monoisotopic (exact) mass is 222 g/mol. The van der Waals surface area contributed by atoms with Gasteiger partial charge in [-0.1, -0.05) is 0 Å². The number of benzene rings is 1. The van der Waals surface area contributed by atoms with E-state index in [2.05, 4.69) is 5.92 Å². The number of halogens is 2. The topological polar surface area (TPSA) is 17.1 Å². The molecule has 84 valence electrons. The van der Waals surface area contributed by atoms with E-state index in [4.69, 9.17) is 6.42 Å². The molecule has 1 nitrogen and oxygen atoms in total. The number of carbonyl (C=O) groups excluding carboxylic acids is 1. The Labute approximate surface area is 93.5 Å². The zero-order chi connectivity index (χ0) is 12.0. The Balaban J connectivity index is 2.53. The van der Waals surface area contributed by atoms with E-state index in [0.717, 1.165) is 6.07 Å². The highest BCUT2D eigenvalue weighted by Gasteiger charge is 2.06. The summed E-state index contributed by atoms with van der Waals surface area (Å²) in [4.78, 5) is 11.4. The molecule has 0 aromatic heterocycles. The average Bonchev–Trinajstić information content (AvgIpc) is 2.16. The molecule has 0 saturated heterocycles. The Hall–Kier alpha value is -1.69. The molecule has 1 rings (SSSR count). The van der Waals surface area contributed by atoms with E-state index < -0.39 is 11.6 Å². The van der Waals surface area contributed by atoms with Crippen molar-refractivity contribution >= 4 is 5.78 Å². The van der Waals surface area contributed by atoms with E-state index in [9.17, 15) is 13.6 Å². The molecule has 16 heavy (non-hydrogen) atoms. The van der Waals surface area contributed by atoms with Gasteiger partial charge in [0, 0.05) is 25.3 Å². The van der Waals surface area contributed by atoms with Gasteiger partial charge in [0.25, 0.3) is 0 Å². The molecule has 0 radical (unpaired) electrons. The van der Waals surface area contributed by atoms with Gasteiger partial charge in [0.15, 0.2) is 0 Å². The number of unbranched alkanes of at least 4 members (excludes halogenated alkanes) is 1. The maximum atomic E-state index is 12.8. The lowest BCUT2D eigenvalue weighted by atomic mass is 10.0. The molecule has 1 aromatic carbocycles. The predicted octanol–water partition coefficient (Wildman–Crippen LogP) is 2.88. The summed E-state index contributed by atoms with van der Waals surface area (Å²) in [6, 6.07) is 3.12. The van der Waals surface area contributed by atoms with Crippen LogP contribution >= 0.6 is 0 Å². The van der Waals surface area contributed by atoms with Crippen molar-refractivity contribution in [3.63, 3.8) is 0 Å². The molecule has 1 aromatic rings. The van der Waals surface area contributed by atoms with Crippen molar-refractivity contribution in [1.29, 1.82) is 0 Å². The molecule has 0 heterocycles. The Morgan fingerprint density at radius 1 is 1.25 bits per heavy atom. The molecule has 0 fully saturated rings. The van der Waals surface area contributed by atoms with Gasteiger partial charge in [-0.05, 0) is 24.1 Å². The number of hydrogen-bond acceptors (Lipinski definition) is 1. The van der Waals surface area contributed by atoms with Crippen LogP contribution in [0, 0.1) is 24.0 Å². The first-order valence-electron chi connectivity index (χ1n) is 5.02. The second kappa shape index (κ2) is 6.02. The summed E-state index contributed by atoms with van der Waals surface area (Å²) < 4.78 is 25.6. The predicted molar refractivity (Wildman–Crippen MR) is 57.8 cm³/mol. The first kappa shape index (κ1) is 12.4. The molecule has 0 atom stereocenters. The number of Topliss-reactive ketones (excluding diaryl/α,β-unsaturated/α-hetero) is 1. The van der Waals surface area contributed by atoms with Crippen molar-refractivity contribution in [2.75, 3.05) is 0 Å². The van der Waals surface area contributed by atoms with Crippen LogP contribution in [0.1, 0.15) is 24.8 Å². The van der Waals surface area contributed by atoms with E-state index in [1.165, 1.54) is 12.1 Å². The van der Waals surface area contributed by atoms with E-state index in [-0.39, 0.29) is 12.2 Å². The van der Waals surface area contributed by atoms with Gasteiger partial charge in [-0.25, -0.2) is 8.78 Å². The molecular formula is C13H12F2O. The summed E-state index contributed by atoms with van der Waals surface area (Å²) >= 11 is 0. The second-order valence-electron chi connectivity index (χ2n) is 3.55. The van der Waals surface area contributed by atoms with Crippen LogP contribution in [0.25, 0.3) is 0 Å². The SMILES string of the molecule is C#CCCCC(=O)Cc1cc(F)cc(F)c1. The van der Waals surface area contributed by atoms with E-state index in [0.29, 0.717) is 24.8 Å². The van der Waals surface area contributed by atoms with Crippen LogP contribution in [0.15, 0.2) is 18.2 Å². The maximum Gasteiger partial charge on any atom is 0.137 e. The fraction of sp³-hybridized carbons (Fsp3) is 0.308. The molecule has 0 aliphatic rings. The van der Waals surface area contributed by atoms with Gasteiger partial charge in [-0.2, -0.15) is 0 Å². The van der Waals surface area contributed by atoms with Gasteiger partial charge in [0.05, 0.1) is 0 Å². The number of ketones is 1. The lowest BCUT2D eigenvalue weighted by molar-refractivity contribution is -0.118. The third-order valence-corrected chi connectivity index (χ3v) is 2.10. The summed E-state index contributed by atoms with van der Waals surface area (Å²) in [7, 11) is 0. The molecular weight excluding hydrogens is 210 g/mol. The minimum absolute atomic E-state index is 0.0548. The van der Waals surface area contributed by atoms with Crippen molar-refractivity contribution in [1.82, 2.24) is 0 Å². The number of carbonyl (C=O) groups is 1. The molecule has 0 saturated carbocycles. The molecule has 0 amide bonds. The lowest BCUT2D eigenvalue weighted by Crippen LogP contribution is -2.03. The molecule has 0 aliphatic carbocycles. The Kier molecular flexibility index (Phi) is 4.65. The molecule has 0 bridgehead atoms. The van der Waals surface area contributed by atoms with Crippen LogP contribution in [-0.4, -0.2) is 5.78 Å². The molecule has 0 aliphatic heterocycles. The van der Waals surface area contributed by atoms with Crippen LogP contribution in [0.5, 0.6) is 0 Å². The maximum absolute atomic E-state index is 12.8. The summed E-state index contributed by atoms with van der Waals surface area (Å²) in [5.41, 5.74) is 0.364. The van der Waals surface area contributed by atoms with E-state index in [1.54, 1.807) is 0 Å². The van der Waals surface area contributed by atoms with Crippen LogP contribution in [0.3, 0.4) is 0 Å². The molecule has 0 unspecified atom stereocenters. The van der Waals surface area contributed by atoms with Crippen LogP contribution in [-0.2, 0) is 11.2 Å². The second-order valence-corrected chi connectivity index (χ2v) is 3.55. The highest BCUT2D eigenvalue weighted by atomic mass is 19.1. The standard InChI is InChI=1S/C13H12F2O/c1-2-3-4-5-13(16)8-10-6-11(14)9-12(15)7-10/h1,6-7,9H,3-5,8H2. The average molecular weight is 222 g/mol. The zero-order valence-corrected chi connectivity index (χ0v) is 8.80. The number of hydrogen-bond donors (Lipinski definition) is 0. The third-order valence-electron chi connectivity index (χ3n) is 2.10. The Bertz CT molecular complexity index is 398. The van der Waals surface area contributed by atoms with Gasteiger partial charge in [0.2, 0.25) is 0 Å². The first-order valence-corrected chi connectivity index (χ1v) is 5.02. The summed E-state index contributed by atoms with van der Waals surface area (Å²) in [5, 5.41) is 0. The highest BCUT2D eigenvalue weighted by molar-refractivity contribution is 5.80. The third kappa shape index (κ3) is 4.22. The largest absolute Gasteiger partial charge is 0.299 e. The number of terminal acetylenes is 1. The summed E-state index contributed by atoms with van der Waals surface area (Å²) in [6.07, 6.45) is 6.61. The fourth-order valence-corrected chi connectivity index (χ4v) is 1.42. The smallest absolute Gasteiger partial charge is 0.137 e. The molecule has 0 spiro atoms. The van der Waals surface area contributed by atoms with Gasteiger partial charge in [0.1, 0.15) is 17.4 Å². The first-order chi connectivity index (χ1) is 7.61. The molecule has 3 heteroatoms. The minimum atomic E-state index is -0.661. The molecule has 0 N–H and O–H groups in total. The zero-order valence-electron chi connectivity index (χ0n) is 8.80. The van der Waals surface area contributed by atoms with Crippen molar-refractivity contribution in [2.45, 2.75) is 25.7 Å². The van der Waals surface area contributed by atoms with Crippen molar-refractivity contribution in [3.8, 4) is 12.3 Å². The fourth-order valence-electron chi connectivity index (χ4n) is 1.42. The Morgan fingerprint density at radius 2 is 1.88 bits per heavy atom. The quantitative estimate of drug-likeness (QED) is 0.553. The van der Waals surface area contributed by atoms with Crippen molar-refractivity contribution < 1.29 is 13.6 Å². The van der Waals surface area contributed by atoms with Crippen molar-refractivity contribution in [2.24, 2.45) is 0 Å².